The van der Waals surface area contributed by atoms with E-state index in [9.17, 15) is 14.4 Å². The lowest BCUT2D eigenvalue weighted by atomic mass is 10.2. The second kappa shape index (κ2) is 6.20. The number of carbonyl (C=O) groups excluding carboxylic acids is 2. The fourth-order valence-corrected chi connectivity index (χ4v) is 0.925. The summed E-state index contributed by atoms with van der Waals surface area (Å²) in [6.07, 6.45) is -0.423. The van der Waals surface area contributed by atoms with Crippen LogP contribution in [0.5, 0.6) is 0 Å². The standard InChI is InChI=1S/C7H11ClN2O4/c8-2-1-6(12)10-4(7(13)14)3-5(9)11/h4H,1-3H2,(H2,9,11)(H,10,12)(H,13,14). The van der Waals surface area contributed by atoms with Crippen LogP contribution in [0, 0.1) is 0 Å². The summed E-state index contributed by atoms with van der Waals surface area (Å²) in [4.78, 5) is 31.9. The van der Waals surface area contributed by atoms with Gasteiger partial charge in [0.2, 0.25) is 11.8 Å². The molecule has 4 N–H and O–H groups in total. The highest BCUT2D eigenvalue weighted by Crippen LogP contribution is 1.93. The summed E-state index contributed by atoms with van der Waals surface area (Å²) in [6, 6.07) is -1.27. The minimum Gasteiger partial charge on any atom is -0.480 e. The average molecular weight is 223 g/mol. The molecule has 0 aromatic rings. The molecule has 0 bridgehead atoms. The summed E-state index contributed by atoms with van der Waals surface area (Å²) in [6.45, 7) is 0. The number of amides is 2. The Bertz CT molecular complexity index is 244. The second-order valence-electron chi connectivity index (χ2n) is 2.57. The monoisotopic (exact) mass is 222 g/mol. The van der Waals surface area contributed by atoms with Crippen LogP contribution in [0.4, 0.5) is 0 Å². The van der Waals surface area contributed by atoms with Gasteiger partial charge in [0.25, 0.3) is 0 Å². The Morgan fingerprint density at radius 2 is 2.00 bits per heavy atom. The van der Waals surface area contributed by atoms with Crippen LogP contribution < -0.4 is 11.1 Å². The molecule has 0 fully saturated rings. The normalized spacial score (nSPS) is 11.8. The lowest BCUT2D eigenvalue weighted by Crippen LogP contribution is -2.43. The van der Waals surface area contributed by atoms with E-state index in [2.05, 4.69) is 5.32 Å². The van der Waals surface area contributed by atoms with Crippen LogP contribution in [-0.4, -0.2) is 34.8 Å². The number of carboxylic acid groups (broad SMARTS) is 1. The molecule has 0 saturated carbocycles. The molecule has 0 aliphatic carbocycles. The zero-order valence-electron chi connectivity index (χ0n) is 7.33. The number of aliphatic carboxylic acids is 1. The van der Waals surface area contributed by atoms with Crippen molar-refractivity contribution in [2.75, 3.05) is 5.88 Å². The third kappa shape index (κ3) is 5.36. The molecule has 2 amide bonds. The van der Waals surface area contributed by atoms with E-state index in [4.69, 9.17) is 22.4 Å². The molecule has 0 rings (SSSR count). The molecule has 1 atom stereocenters. The van der Waals surface area contributed by atoms with E-state index in [1.165, 1.54) is 0 Å². The third-order valence-electron chi connectivity index (χ3n) is 1.36. The van der Waals surface area contributed by atoms with Crippen LogP contribution in [0.25, 0.3) is 0 Å². The highest BCUT2D eigenvalue weighted by molar-refractivity contribution is 6.18. The Kier molecular flexibility index (Phi) is 5.62. The van der Waals surface area contributed by atoms with Crippen LogP contribution in [0.3, 0.4) is 0 Å². The van der Waals surface area contributed by atoms with Gasteiger partial charge in [-0.15, -0.1) is 11.6 Å². The van der Waals surface area contributed by atoms with Crippen molar-refractivity contribution in [2.24, 2.45) is 5.73 Å². The Hall–Kier alpha value is -1.30. The van der Waals surface area contributed by atoms with Crippen LogP contribution in [-0.2, 0) is 14.4 Å². The molecule has 80 valence electrons. The van der Waals surface area contributed by atoms with E-state index in [1.807, 2.05) is 0 Å². The summed E-state index contributed by atoms with van der Waals surface area (Å²) in [5.74, 6) is -2.52. The first kappa shape index (κ1) is 12.7. The van der Waals surface area contributed by atoms with Gasteiger partial charge >= 0.3 is 5.97 Å². The number of hydrogen-bond acceptors (Lipinski definition) is 3. The zero-order chi connectivity index (χ0) is 11.1. The highest BCUT2D eigenvalue weighted by Gasteiger charge is 2.21. The van der Waals surface area contributed by atoms with Crippen molar-refractivity contribution in [1.29, 1.82) is 0 Å². The van der Waals surface area contributed by atoms with E-state index >= 15 is 0 Å². The van der Waals surface area contributed by atoms with Crippen molar-refractivity contribution in [2.45, 2.75) is 18.9 Å². The topological polar surface area (TPSA) is 109 Å². The number of nitrogens with one attached hydrogen (secondary N) is 1. The SMILES string of the molecule is NC(=O)CC(NC(=O)CCCl)C(=O)O. The Morgan fingerprint density at radius 3 is 2.36 bits per heavy atom. The summed E-state index contributed by atoms with van der Waals surface area (Å²) < 4.78 is 0. The second-order valence-corrected chi connectivity index (χ2v) is 2.95. The molecule has 6 nitrogen and oxygen atoms in total. The Morgan fingerprint density at radius 1 is 1.43 bits per heavy atom. The first-order chi connectivity index (χ1) is 6.47. The maximum Gasteiger partial charge on any atom is 0.326 e. The molecular weight excluding hydrogens is 212 g/mol. The van der Waals surface area contributed by atoms with Gasteiger partial charge in [-0.1, -0.05) is 0 Å². The van der Waals surface area contributed by atoms with Gasteiger partial charge in [-0.2, -0.15) is 0 Å². The highest BCUT2D eigenvalue weighted by atomic mass is 35.5. The molecule has 0 aliphatic rings. The van der Waals surface area contributed by atoms with Gasteiger partial charge in [-0.05, 0) is 0 Å². The van der Waals surface area contributed by atoms with Gasteiger partial charge in [0.1, 0.15) is 6.04 Å². The van der Waals surface area contributed by atoms with Gasteiger partial charge < -0.3 is 16.2 Å². The smallest absolute Gasteiger partial charge is 0.326 e. The summed E-state index contributed by atoms with van der Waals surface area (Å²) in [5, 5.41) is 10.7. The molecule has 14 heavy (non-hydrogen) atoms. The number of nitrogens with two attached hydrogens (primary N) is 1. The molecular formula is C7H11ClN2O4. The number of carboxylic acids is 1. The quantitative estimate of drug-likeness (QED) is 0.504. The van der Waals surface area contributed by atoms with Crippen molar-refractivity contribution in [3.05, 3.63) is 0 Å². The summed E-state index contributed by atoms with van der Waals surface area (Å²) in [7, 11) is 0. The van der Waals surface area contributed by atoms with Crippen molar-refractivity contribution >= 4 is 29.4 Å². The van der Waals surface area contributed by atoms with E-state index in [1.54, 1.807) is 0 Å². The van der Waals surface area contributed by atoms with Crippen LogP contribution in [0.1, 0.15) is 12.8 Å². The molecule has 1 unspecified atom stereocenters. The molecule has 0 aromatic heterocycles. The van der Waals surface area contributed by atoms with Crippen molar-refractivity contribution in [3.8, 4) is 0 Å². The van der Waals surface area contributed by atoms with E-state index in [0.717, 1.165) is 0 Å². The first-order valence-corrected chi connectivity index (χ1v) is 4.37. The molecule has 0 radical (unpaired) electrons. The Balaban J connectivity index is 4.16. The number of carbonyl (C=O) groups is 3. The van der Waals surface area contributed by atoms with Crippen molar-refractivity contribution in [1.82, 2.24) is 5.32 Å². The van der Waals surface area contributed by atoms with Gasteiger partial charge in [0.15, 0.2) is 0 Å². The predicted molar refractivity (Wildman–Crippen MR) is 48.7 cm³/mol. The largest absolute Gasteiger partial charge is 0.480 e. The predicted octanol–water partition coefficient (Wildman–Crippen LogP) is -0.940. The lowest BCUT2D eigenvalue weighted by Gasteiger charge is -2.11. The summed E-state index contributed by atoms with van der Waals surface area (Å²) >= 11 is 5.27. The molecule has 0 spiro atoms. The number of primary amides is 1. The molecule has 0 heterocycles. The maximum absolute atomic E-state index is 10.9. The third-order valence-corrected chi connectivity index (χ3v) is 1.55. The van der Waals surface area contributed by atoms with Gasteiger partial charge in [-0.25, -0.2) is 4.79 Å². The van der Waals surface area contributed by atoms with Gasteiger partial charge in [-0.3, -0.25) is 9.59 Å². The minimum absolute atomic E-state index is 0.00406. The molecule has 7 heteroatoms. The van der Waals surface area contributed by atoms with Crippen molar-refractivity contribution < 1.29 is 19.5 Å². The summed E-state index contributed by atoms with van der Waals surface area (Å²) in [5.41, 5.74) is 4.80. The number of hydrogen-bond donors (Lipinski definition) is 3. The Labute approximate surface area is 85.4 Å². The van der Waals surface area contributed by atoms with Gasteiger partial charge in [0.05, 0.1) is 6.42 Å². The van der Waals surface area contributed by atoms with E-state index in [-0.39, 0.29) is 12.3 Å². The van der Waals surface area contributed by atoms with E-state index < -0.39 is 30.2 Å². The van der Waals surface area contributed by atoms with E-state index in [0.29, 0.717) is 0 Å². The molecule has 0 saturated heterocycles. The zero-order valence-corrected chi connectivity index (χ0v) is 8.08. The molecule has 0 aromatic carbocycles. The van der Waals surface area contributed by atoms with Gasteiger partial charge in [0, 0.05) is 12.3 Å². The number of alkyl halides is 1. The van der Waals surface area contributed by atoms with Crippen LogP contribution >= 0.6 is 11.6 Å². The fraction of sp³-hybridized carbons (Fsp3) is 0.571. The van der Waals surface area contributed by atoms with Crippen molar-refractivity contribution in [3.63, 3.8) is 0 Å². The average Bonchev–Trinajstić information content (AvgIpc) is 2.02. The molecule has 0 aliphatic heterocycles. The van der Waals surface area contributed by atoms with Crippen LogP contribution in [0.15, 0.2) is 0 Å². The number of halogens is 1. The van der Waals surface area contributed by atoms with Crippen LogP contribution in [0.2, 0.25) is 0 Å². The first-order valence-electron chi connectivity index (χ1n) is 3.83. The minimum atomic E-state index is -1.30. The lowest BCUT2D eigenvalue weighted by molar-refractivity contribution is -0.143. The number of rotatable bonds is 6. The fourth-order valence-electron chi connectivity index (χ4n) is 0.754. The maximum atomic E-state index is 10.9.